The second-order valence-electron chi connectivity index (χ2n) is 6.66. The number of Topliss-reactive ketones (excluding diaryl/α,β-unsaturated/α-hetero) is 1. The topological polar surface area (TPSA) is 69.4 Å². The Morgan fingerprint density at radius 2 is 1.55 bits per heavy atom. The molecule has 1 rings (SSSR count). The average molecular weight is 277 g/mol. The summed E-state index contributed by atoms with van der Waals surface area (Å²) in [5, 5.41) is 0. The molecule has 110 valence electrons. The van der Waals surface area contributed by atoms with Gasteiger partial charge in [-0.3, -0.25) is 4.79 Å². The molecule has 0 spiro atoms. The van der Waals surface area contributed by atoms with Crippen LogP contribution in [0.15, 0.2) is 24.3 Å². The van der Waals surface area contributed by atoms with Crippen LogP contribution in [0, 0.1) is 10.8 Å². The molecule has 0 aliphatic carbocycles. The van der Waals surface area contributed by atoms with Gasteiger partial charge in [-0.2, -0.15) is 0 Å². The Kier molecular flexibility index (Phi) is 4.58. The summed E-state index contributed by atoms with van der Waals surface area (Å²) in [6, 6.07) is 6.50. The summed E-state index contributed by atoms with van der Waals surface area (Å²) in [5.74, 6) is -0.380. The summed E-state index contributed by atoms with van der Waals surface area (Å²) in [5.41, 5.74) is 5.41. The summed E-state index contributed by atoms with van der Waals surface area (Å²) in [4.78, 5) is 24.2. The van der Waals surface area contributed by atoms with E-state index in [9.17, 15) is 9.59 Å². The summed E-state index contributed by atoms with van der Waals surface area (Å²) in [6.07, 6.45) is 0. The molecule has 0 aliphatic heterocycles. The number of carbonyl (C=O) groups is 2. The molecule has 4 heteroatoms. The van der Waals surface area contributed by atoms with E-state index < -0.39 is 16.8 Å². The van der Waals surface area contributed by atoms with Gasteiger partial charge in [0.2, 0.25) is 0 Å². The van der Waals surface area contributed by atoms with Crippen molar-refractivity contribution in [2.75, 3.05) is 12.3 Å². The van der Waals surface area contributed by atoms with Crippen LogP contribution in [0.5, 0.6) is 0 Å². The van der Waals surface area contributed by atoms with E-state index in [-0.39, 0.29) is 12.4 Å². The minimum absolute atomic E-state index is 0.0618. The van der Waals surface area contributed by atoms with Crippen LogP contribution in [0.25, 0.3) is 0 Å². The van der Waals surface area contributed by atoms with Crippen LogP contribution in [-0.2, 0) is 9.53 Å². The van der Waals surface area contributed by atoms with Gasteiger partial charge in [-0.15, -0.1) is 0 Å². The first-order chi connectivity index (χ1) is 9.04. The number of nitrogens with two attached hydrogens (primary N) is 1. The van der Waals surface area contributed by atoms with Crippen molar-refractivity contribution in [3.8, 4) is 0 Å². The van der Waals surface area contributed by atoms with Crippen LogP contribution in [0.3, 0.4) is 0 Å². The normalized spacial score (nSPS) is 12.1. The second-order valence-corrected chi connectivity index (χ2v) is 6.66. The van der Waals surface area contributed by atoms with Gasteiger partial charge in [-0.1, -0.05) is 20.8 Å². The second kappa shape index (κ2) is 5.65. The van der Waals surface area contributed by atoms with Gasteiger partial charge in [0.25, 0.3) is 0 Å². The number of hydrogen-bond donors (Lipinski definition) is 1. The molecule has 20 heavy (non-hydrogen) atoms. The fourth-order valence-corrected chi connectivity index (χ4v) is 2.03. The number of benzene rings is 1. The number of rotatable bonds is 4. The molecule has 1 aromatic rings. The zero-order valence-electron chi connectivity index (χ0n) is 12.8. The van der Waals surface area contributed by atoms with Crippen molar-refractivity contribution in [2.24, 2.45) is 10.8 Å². The lowest BCUT2D eigenvalue weighted by molar-refractivity contribution is -0.137. The zero-order chi connectivity index (χ0) is 15.6. The highest BCUT2D eigenvalue weighted by Crippen LogP contribution is 2.29. The molecule has 0 heterocycles. The van der Waals surface area contributed by atoms with Gasteiger partial charge in [0.05, 0.1) is 11.0 Å². The van der Waals surface area contributed by atoms with E-state index in [1.807, 2.05) is 20.8 Å². The van der Waals surface area contributed by atoms with Crippen LogP contribution < -0.4 is 5.73 Å². The molecule has 1 aromatic carbocycles. The van der Waals surface area contributed by atoms with E-state index in [1.165, 1.54) is 0 Å². The van der Waals surface area contributed by atoms with Crippen molar-refractivity contribution >= 4 is 17.4 Å². The van der Waals surface area contributed by atoms with Crippen molar-refractivity contribution in [3.05, 3.63) is 29.8 Å². The molecule has 0 radical (unpaired) electrons. The number of ether oxygens (including phenoxy) is 1. The zero-order valence-corrected chi connectivity index (χ0v) is 12.8. The van der Waals surface area contributed by atoms with Crippen LogP contribution in [0.1, 0.15) is 45.0 Å². The van der Waals surface area contributed by atoms with Crippen molar-refractivity contribution in [2.45, 2.75) is 34.6 Å². The van der Waals surface area contributed by atoms with Crippen molar-refractivity contribution in [1.82, 2.24) is 0 Å². The average Bonchev–Trinajstić information content (AvgIpc) is 2.35. The maximum Gasteiger partial charge on any atom is 0.338 e. The predicted octanol–water partition coefficient (Wildman–Crippen LogP) is 3.07. The molecule has 0 unspecified atom stereocenters. The van der Waals surface area contributed by atoms with Gasteiger partial charge >= 0.3 is 5.97 Å². The fraction of sp³-hybridized carbons (Fsp3) is 0.500. The van der Waals surface area contributed by atoms with E-state index in [1.54, 1.807) is 38.1 Å². The number of esters is 1. The Bertz CT molecular complexity index is 495. The third-order valence-electron chi connectivity index (χ3n) is 3.01. The molecule has 0 aromatic heterocycles. The summed E-state index contributed by atoms with van der Waals surface area (Å²) >= 11 is 0. The lowest BCUT2D eigenvalue weighted by Crippen LogP contribution is -2.38. The smallest absolute Gasteiger partial charge is 0.338 e. The van der Waals surface area contributed by atoms with Gasteiger partial charge in [-0.25, -0.2) is 4.79 Å². The van der Waals surface area contributed by atoms with Gasteiger partial charge in [0.15, 0.2) is 0 Å². The third-order valence-corrected chi connectivity index (χ3v) is 3.01. The van der Waals surface area contributed by atoms with E-state index in [4.69, 9.17) is 10.5 Å². The number of hydrogen-bond acceptors (Lipinski definition) is 4. The van der Waals surface area contributed by atoms with Crippen molar-refractivity contribution in [1.29, 1.82) is 0 Å². The minimum atomic E-state index is -0.707. The number of nitrogen functional groups attached to an aromatic ring is 1. The first kappa shape index (κ1) is 16.2. The molecule has 0 bridgehead atoms. The summed E-state index contributed by atoms with van der Waals surface area (Å²) in [7, 11) is 0. The molecule has 0 amide bonds. The van der Waals surface area contributed by atoms with E-state index in [0.717, 1.165) is 0 Å². The Balaban J connectivity index is 2.69. The minimum Gasteiger partial charge on any atom is -0.461 e. The van der Waals surface area contributed by atoms with Crippen LogP contribution >= 0.6 is 0 Å². The third kappa shape index (κ3) is 4.08. The van der Waals surface area contributed by atoms with Gasteiger partial charge < -0.3 is 10.5 Å². The Labute approximate surface area is 120 Å². The molecular weight excluding hydrogens is 254 g/mol. The quantitative estimate of drug-likeness (QED) is 0.678. The molecule has 0 fully saturated rings. The van der Waals surface area contributed by atoms with E-state index >= 15 is 0 Å². The van der Waals surface area contributed by atoms with Gasteiger partial charge in [0.1, 0.15) is 12.4 Å². The Hall–Kier alpha value is -1.84. The first-order valence-electron chi connectivity index (χ1n) is 6.61. The first-order valence-corrected chi connectivity index (χ1v) is 6.61. The van der Waals surface area contributed by atoms with Crippen LogP contribution in [0.4, 0.5) is 5.69 Å². The monoisotopic (exact) mass is 277 g/mol. The predicted molar refractivity (Wildman–Crippen MR) is 79.4 cm³/mol. The molecule has 4 nitrogen and oxygen atoms in total. The van der Waals surface area contributed by atoms with Gasteiger partial charge in [-0.05, 0) is 38.1 Å². The molecule has 0 saturated heterocycles. The van der Waals surface area contributed by atoms with E-state index in [0.29, 0.717) is 11.3 Å². The maximum atomic E-state index is 12.3. The fourth-order valence-electron chi connectivity index (χ4n) is 2.03. The number of anilines is 1. The maximum absolute atomic E-state index is 12.3. The molecule has 0 aliphatic rings. The molecule has 0 atom stereocenters. The Morgan fingerprint density at radius 1 is 1.05 bits per heavy atom. The highest BCUT2D eigenvalue weighted by Gasteiger charge is 2.37. The lowest BCUT2D eigenvalue weighted by Gasteiger charge is -2.30. The standard InChI is InChI=1S/C16H23NO3/c1-15(2,3)14(19)16(4,5)10-20-13(18)11-6-8-12(17)9-7-11/h6-9H,10,17H2,1-5H3. The molecular formula is C16H23NO3. The largest absolute Gasteiger partial charge is 0.461 e. The summed E-state index contributed by atoms with van der Waals surface area (Å²) < 4.78 is 5.25. The molecule has 0 saturated carbocycles. The van der Waals surface area contributed by atoms with Gasteiger partial charge in [0, 0.05) is 11.1 Å². The highest BCUT2D eigenvalue weighted by molar-refractivity contribution is 5.91. The van der Waals surface area contributed by atoms with Crippen LogP contribution in [-0.4, -0.2) is 18.4 Å². The van der Waals surface area contributed by atoms with Crippen molar-refractivity contribution in [3.63, 3.8) is 0 Å². The highest BCUT2D eigenvalue weighted by atomic mass is 16.5. The van der Waals surface area contributed by atoms with Crippen molar-refractivity contribution < 1.29 is 14.3 Å². The lowest BCUT2D eigenvalue weighted by atomic mass is 9.75. The Morgan fingerprint density at radius 3 is 2.00 bits per heavy atom. The SMILES string of the molecule is CC(C)(C)C(=O)C(C)(C)COC(=O)c1ccc(N)cc1. The molecule has 2 N–H and O–H groups in total. The number of carbonyl (C=O) groups excluding carboxylic acids is 2. The van der Waals surface area contributed by atoms with Crippen LogP contribution in [0.2, 0.25) is 0 Å². The number of ketones is 1. The van der Waals surface area contributed by atoms with E-state index in [2.05, 4.69) is 0 Å². The summed E-state index contributed by atoms with van der Waals surface area (Å²) in [6.45, 7) is 9.22.